The van der Waals surface area contributed by atoms with Gasteiger partial charge in [-0.15, -0.1) is 0 Å². The number of fused-ring (bicyclic) bond motifs is 3. The lowest BCUT2D eigenvalue weighted by atomic mass is 10.1. The smallest absolute Gasteiger partial charge is 0.138 e. The second-order valence-corrected chi connectivity index (χ2v) is 8.60. The molecule has 0 spiro atoms. The van der Waals surface area contributed by atoms with Crippen molar-refractivity contribution in [2.75, 3.05) is 32.6 Å². The van der Waals surface area contributed by atoms with Crippen LogP contribution in [0.25, 0.3) is 33.2 Å². The summed E-state index contributed by atoms with van der Waals surface area (Å²) in [6.07, 6.45) is 8.32. The zero-order valence-electron chi connectivity index (χ0n) is 19.5. The van der Waals surface area contributed by atoms with Gasteiger partial charge in [0, 0.05) is 41.8 Å². The molecule has 1 aromatic carbocycles. The quantitative estimate of drug-likeness (QED) is 0.302. The number of benzene rings is 1. The number of rotatable bonds is 9. The van der Waals surface area contributed by atoms with Crippen LogP contribution in [0.15, 0.2) is 73.3 Å². The summed E-state index contributed by atoms with van der Waals surface area (Å²) in [5.74, 6) is 0.905. The third-order valence-corrected chi connectivity index (χ3v) is 5.73. The Labute approximate surface area is 198 Å². The molecule has 0 radical (unpaired) electrons. The van der Waals surface area contributed by atoms with Crippen molar-refractivity contribution in [1.29, 1.82) is 0 Å². The lowest BCUT2D eigenvalue weighted by Crippen LogP contribution is -2.15. The number of nitrogens with one attached hydrogen (secondary N) is 2. The van der Waals surface area contributed by atoms with Crippen LogP contribution in [0.3, 0.4) is 0 Å². The molecule has 0 fully saturated rings. The van der Waals surface area contributed by atoms with Gasteiger partial charge in [0.15, 0.2) is 0 Å². The van der Waals surface area contributed by atoms with Crippen LogP contribution in [0.1, 0.15) is 12.0 Å². The summed E-state index contributed by atoms with van der Waals surface area (Å²) in [4.78, 5) is 18.9. The van der Waals surface area contributed by atoms with E-state index in [1.165, 1.54) is 5.56 Å². The maximum atomic E-state index is 5.83. The molecule has 0 aliphatic heterocycles. The van der Waals surface area contributed by atoms with Crippen LogP contribution in [-0.4, -0.2) is 52.1 Å². The molecular weight excluding hydrogens is 424 g/mol. The van der Waals surface area contributed by atoms with Gasteiger partial charge < -0.3 is 19.9 Å². The third kappa shape index (κ3) is 5.00. The molecule has 0 saturated heterocycles. The predicted molar refractivity (Wildman–Crippen MR) is 137 cm³/mol. The molecular formula is C27H28N6O. The SMILES string of the molecule is CN(C)CCCOc1ccc(CNc2cnc3[nH]c4cnc(-c5cccnc5)cc4c3c2)cc1. The molecule has 5 rings (SSSR count). The van der Waals surface area contributed by atoms with Crippen molar-refractivity contribution < 1.29 is 4.74 Å². The summed E-state index contributed by atoms with van der Waals surface area (Å²) >= 11 is 0. The maximum Gasteiger partial charge on any atom is 0.138 e. The average molecular weight is 453 g/mol. The van der Waals surface area contributed by atoms with E-state index in [4.69, 9.17) is 4.74 Å². The molecule has 4 heterocycles. The Balaban J connectivity index is 1.28. The van der Waals surface area contributed by atoms with Gasteiger partial charge in [-0.1, -0.05) is 12.1 Å². The number of nitrogens with zero attached hydrogens (tertiary/aromatic N) is 4. The van der Waals surface area contributed by atoms with Gasteiger partial charge in [-0.25, -0.2) is 4.98 Å². The van der Waals surface area contributed by atoms with Crippen LogP contribution in [-0.2, 0) is 6.54 Å². The van der Waals surface area contributed by atoms with E-state index in [9.17, 15) is 0 Å². The first kappa shape index (κ1) is 21.9. The van der Waals surface area contributed by atoms with E-state index in [0.717, 1.165) is 64.2 Å². The summed E-state index contributed by atoms with van der Waals surface area (Å²) < 4.78 is 5.83. The number of ether oxygens (including phenoxy) is 1. The van der Waals surface area contributed by atoms with E-state index in [1.807, 2.05) is 42.9 Å². The first-order chi connectivity index (χ1) is 16.7. The molecule has 0 amide bonds. The number of aromatic nitrogens is 4. The van der Waals surface area contributed by atoms with Gasteiger partial charge in [-0.2, -0.15) is 0 Å². The molecule has 0 aliphatic carbocycles. The molecule has 5 aromatic rings. The number of anilines is 1. The van der Waals surface area contributed by atoms with Gasteiger partial charge in [0.2, 0.25) is 0 Å². The standard InChI is InChI=1S/C27H28N6O/c1-33(2)11-4-12-34-22-8-6-19(7-9-22)15-29-21-13-24-23-14-25(20-5-3-10-28-16-20)30-18-26(23)32-27(24)31-17-21/h3,5-10,13-14,16-18,29H,4,11-12,15H2,1-2H3,(H,31,32). The molecule has 7 nitrogen and oxygen atoms in total. The number of H-pyrrole nitrogens is 1. The third-order valence-electron chi connectivity index (χ3n) is 5.73. The van der Waals surface area contributed by atoms with E-state index < -0.39 is 0 Å². The van der Waals surface area contributed by atoms with Gasteiger partial charge in [-0.05, 0) is 62.5 Å². The van der Waals surface area contributed by atoms with Crippen LogP contribution in [0, 0.1) is 0 Å². The normalized spacial score (nSPS) is 11.4. The molecule has 0 unspecified atom stereocenters. The highest BCUT2D eigenvalue weighted by atomic mass is 16.5. The zero-order valence-corrected chi connectivity index (χ0v) is 19.5. The van der Waals surface area contributed by atoms with E-state index >= 15 is 0 Å². The number of hydrogen-bond acceptors (Lipinski definition) is 6. The van der Waals surface area contributed by atoms with Crippen molar-refractivity contribution in [3.05, 3.63) is 78.9 Å². The topological polar surface area (TPSA) is 79.0 Å². The van der Waals surface area contributed by atoms with Gasteiger partial charge in [0.05, 0.1) is 35.9 Å². The summed E-state index contributed by atoms with van der Waals surface area (Å²) in [6, 6.07) is 16.4. The highest BCUT2D eigenvalue weighted by Crippen LogP contribution is 2.29. The van der Waals surface area contributed by atoms with Crippen molar-refractivity contribution in [2.45, 2.75) is 13.0 Å². The molecule has 2 N–H and O–H groups in total. The zero-order chi connectivity index (χ0) is 23.3. The summed E-state index contributed by atoms with van der Waals surface area (Å²) in [5.41, 5.74) is 5.85. The van der Waals surface area contributed by atoms with Crippen molar-refractivity contribution in [2.24, 2.45) is 0 Å². The van der Waals surface area contributed by atoms with Crippen LogP contribution >= 0.6 is 0 Å². The monoisotopic (exact) mass is 452 g/mol. The molecule has 7 heteroatoms. The van der Waals surface area contributed by atoms with Crippen molar-refractivity contribution in [1.82, 2.24) is 24.8 Å². The van der Waals surface area contributed by atoms with Crippen molar-refractivity contribution >= 4 is 27.6 Å². The van der Waals surface area contributed by atoms with E-state index in [1.54, 1.807) is 6.20 Å². The fourth-order valence-corrected chi connectivity index (χ4v) is 3.92. The minimum absolute atomic E-state index is 0.707. The van der Waals surface area contributed by atoms with Crippen molar-refractivity contribution in [3.8, 4) is 17.0 Å². The van der Waals surface area contributed by atoms with Crippen LogP contribution in [0.4, 0.5) is 5.69 Å². The van der Waals surface area contributed by atoms with Gasteiger partial charge in [0.1, 0.15) is 11.4 Å². The number of aromatic amines is 1. The predicted octanol–water partition coefficient (Wildman–Crippen LogP) is 5.12. The Morgan fingerprint density at radius 2 is 1.85 bits per heavy atom. The van der Waals surface area contributed by atoms with Gasteiger partial charge >= 0.3 is 0 Å². The Bertz CT molecular complexity index is 1380. The molecule has 0 saturated carbocycles. The molecule has 0 atom stereocenters. The fraction of sp³-hybridized carbons (Fsp3) is 0.222. The Morgan fingerprint density at radius 3 is 2.65 bits per heavy atom. The first-order valence-corrected chi connectivity index (χ1v) is 11.4. The summed E-state index contributed by atoms with van der Waals surface area (Å²) in [5, 5.41) is 5.65. The summed E-state index contributed by atoms with van der Waals surface area (Å²) in [7, 11) is 4.15. The van der Waals surface area contributed by atoms with Gasteiger partial charge in [0.25, 0.3) is 0 Å². The molecule has 34 heavy (non-hydrogen) atoms. The Kier molecular flexibility index (Phi) is 6.35. The maximum absolute atomic E-state index is 5.83. The molecule has 0 bridgehead atoms. The van der Waals surface area contributed by atoms with Crippen LogP contribution in [0.2, 0.25) is 0 Å². The second-order valence-electron chi connectivity index (χ2n) is 8.60. The number of pyridine rings is 3. The average Bonchev–Trinajstić information content (AvgIpc) is 3.24. The minimum Gasteiger partial charge on any atom is -0.494 e. The molecule has 172 valence electrons. The molecule has 4 aromatic heterocycles. The van der Waals surface area contributed by atoms with E-state index in [2.05, 4.69) is 68.5 Å². The second kappa shape index (κ2) is 9.89. The van der Waals surface area contributed by atoms with Crippen molar-refractivity contribution in [3.63, 3.8) is 0 Å². The number of hydrogen-bond donors (Lipinski definition) is 2. The Hall–Kier alpha value is -3.97. The molecule has 0 aliphatic rings. The highest BCUT2D eigenvalue weighted by Gasteiger charge is 2.09. The lowest BCUT2D eigenvalue weighted by Gasteiger charge is -2.11. The Morgan fingerprint density at radius 1 is 0.971 bits per heavy atom. The minimum atomic E-state index is 0.707. The van der Waals surface area contributed by atoms with E-state index in [0.29, 0.717) is 6.54 Å². The first-order valence-electron chi connectivity index (χ1n) is 11.4. The van der Waals surface area contributed by atoms with Crippen LogP contribution in [0.5, 0.6) is 5.75 Å². The van der Waals surface area contributed by atoms with Crippen LogP contribution < -0.4 is 10.1 Å². The lowest BCUT2D eigenvalue weighted by molar-refractivity contribution is 0.281. The largest absolute Gasteiger partial charge is 0.494 e. The van der Waals surface area contributed by atoms with Gasteiger partial charge in [-0.3, -0.25) is 9.97 Å². The highest BCUT2D eigenvalue weighted by molar-refractivity contribution is 6.07. The summed E-state index contributed by atoms with van der Waals surface area (Å²) in [6.45, 7) is 2.46. The fourth-order valence-electron chi connectivity index (χ4n) is 3.92. The van der Waals surface area contributed by atoms with E-state index in [-0.39, 0.29) is 0 Å².